The number of hydrogen-bond acceptors (Lipinski definition) is 2. The molecule has 1 aromatic carbocycles. The average Bonchev–Trinajstić information content (AvgIpc) is 2.17. The van der Waals surface area contributed by atoms with Gasteiger partial charge in [-0.15, -0.1) is 0 Å². The van der Waals surface area contributed by atoms with Crippen LogP contribution in [0.4, 0.5) is 10.1 Å². The van der Waals surface area contributed by atoms with Crippen molar-refractivity contribution in [3.63, 3.8) is 0 Å². The number of amides is 1. The molecule has 0 fully saturated rings. The van der Waals surface area contributed by atoms with Crippen LogP contribution in [0.3, 0.4) is 0 Å². The Morgan fingerprint density at radius 1 is 1.47 bits per heavy atom. The third-order valence-electron chi connectivity index (χ3n) is 1.99. The molecule has 0 aromatic heterocycles. The van der Waals surface area contributed by atoms with Crippen LogP contribution in [0.15, 0.2) is 24.3 Å². The van der Waals surface area contributed by atoms with Gasteiger partial charge in [0.25, 0.3) is 0 Å². The quantitative estimate of drug-likeness (QED) is 0.820. The highest BCUT2D eigenvalue weighted by Crippen LogP contribution is 2.08. The van der Waals surface area contributed by atoms with Gasteiger partial charge in [0.2, 0.25) is 5.91 Å². The van der Waals surface area contributed by atoms with Crippen molar-refractivity contribution in [2.75, 3.05) is 26.0 Å². The molecule has 1 amide bonds. The molecule has 0 saturated carbocycles. The standard InChI is InChI=1S/C11H15FN2O/c1-14(2)11(15)6-7-13-10-5-3-4-9(12)8-10/h3-5,8,13H,6-7H2,1-2H3. The first-order valence-corrected chi connectivity index (χ1v) is 4.79. The van der Waals surface area contributed by atoms with Gasteiger partial charge in [-0.2, -0.15) is 0 Å². The number of halogens is 1. The van der Waals surface area contributed by atoms with Gasteiger partial charge >= 0.3 is 0 Å². The van der Waals surface area contributed by atoms with E-state index in [1.54, 1.807) is 26.2 Å². The van der Waals surface area contributed by atoms with Gasteiger partial charge in [-0.3, -0.25) is 4.79 Å². The lowest BCUT2D eigenvalue weighted by Crippen LogP contribution is -2.23. The van der Waals surface area contributed by atoms with Crippen molar-refractivity contribution in [2.24, 2.45) is 0 Å². The lowest BCUT2D eigenvalue weighted by atomic mass is 10.3. The Morgan fingerprint density at radius 2 is 2.20 bits per heavy atom. The van der Waals surface area contributed by atoms with E-state index in [4.69, 9.17) is 0 Å². The topological polar surface area (TPSA) is 32.3 Å². The molecule has 1 N–H and O–H groups in total. The first kappa shape index (κ1) is 11.5. The molecule has 0 spiro atoms. The number of benzene rings is 1. The van der Waals surface area contributed by atoms with E-state index in [0.717, 1.165) is 0 Å². The first-order chi connectivity index (χ1) is 7.09. The van der Waals surface area contributed by atoms with Crippen LogP contribution in [0, 0.1) is 5.82 Å². The van der Waals surface area contributed by atoms with Crippen LogP contribution in [0.25, 0.3) is 0 Å². The van der Waals surface area contributed by atoms with Crippen molar-refractivity contribution in [1.29, 1.82) is 0 Å². The largest absolute Gasteiger partial charge is 0.384 e. The van der Waals surface area contributed by atoms with Crippen LogP contribution in [0.5, 0.6) is 0 Å². The van der Waals surface area contributed by atoms with Crippen LogP contribution < -0.4 is 5.32 Å². The predicted molar refractivity (Wildman–Crippen MR) is 58.2 cm³/mol. The Balaban J connectivity index is 2.35. The van der Waals surface area contributed by atoms with E-state index in [2.05, 4.69) is 5.32 Å². The zero-order valence-electron chi connectivity index (χ0n) is 8.96. The Labute approximate surface area is 88.9 Å². The molecule has 0 aliphatic rings. The van der Waals surface area contributed by atoms with Crippen molar-refractivity contribution in [2.45, 2.75) is 6.42 Å². The summed E-state index contributed by atoms with van der Waals surface area (Å²) in [4.78, 5) is 12.7. The van der Waals surface area contributed by atoms with E-state index in [1.165, 1.54) is 17.0 Å². The number of rotatable bonds is 4. The summed E-state index contributed by atoms with van der Waals surface area (Å²) >= 11 is 0. The second-order valence-corrected chi connectivity index (χ2v) is 3.48. The van der Waals surface area contributed by atoms with Gasteiger partial charge in [-0.25, -0.2) is 4.39 Å². The van der Waals surface area contributed by atoms with Gasteiger partial charge in [0.15, 0.2) is 0 Å². The molecule has 0 aliphatic heterocycles. The van der Waals surface area contributed by atoms with Crippen LogP contribution in [0.1, 0.15) is 6.42 Å². The minimum atomic E-state index is -0.279. The summed E-state index contributed by atoms with van der Waals surface area (Å²) < 4.78 is 12.8. The maximum absolute atomic E-state index is 12.8. The van der Waals surface area contributed by atoms with Crippen LogP contribution in [-0.4, -0.2) is 31.4 Å². The second-order valence-electron chi connectivity index (χ2n) is 3.48. The number of hydrogen-bond donors (Lipinski definition) is 1. The number of anilines is 1. The molecule has 0 heterocycles. The van der Waals surface area contributed by atoms with Gasteiger partial charge in [-0.1, -0.05) is 6.07 Å². The normalized spacial score (nSPS) is 9.80. The van der Waals surface area contributed by atoms with Gasteiger partial charge in [0.05, 0.1) is 0 Å². The molecule has 82 valence electrons. The predicted octanol–water partition coefficient (Wildman–Crippen LogP) is 1.72. The fraction of sp³-hybridized carbons (Fsp3) is 0.364. The van der Waals surface area contributed by atoms with Crippen LogP contribution >= 0.6 is 0 Å². The van der Waals surface area contributed by atoms with Gasteiger partial charge in [0, 0.05) is 32.7 Å². The molecule has 3 nitrogen and oxygen atoms in total. The highest BCUT2D eigenvalue weighted by atomic mass is 19.1. The van der Waals surface area contributed by atoms with E-state index >= 15 is 0 Å². The van der Waals surface area contributed by atoms with E-state index in [0.29, 0.717) is 18.7 Å². The smallest absolute Gasteiger partial charge is 0.223 e. The molecular weight excluding hydrogens is 195 g/mol. The molecule has 0 atom stereocenters. The Kier molecular flexibility index (Phi) is 4.09. The maximum Gasteiger partial charge on any atom is 0.223 e. The molecule has 15 heavy (non-hydrogen) atoms. The molecule has 4 heteroatoms. The summed E-state index contributed by atoms with van der Waals surface area (Å²) in [5.41, 5.74) is 0.696. The van der Waals surface area contributed by atoms with Gasteiger partial charge in [-0.05, 0) is 18.2 Å². The van der Waals surface area contributed by atoms with Crippen LogP contribution in [-0.2, 0) is 4.79 Å². The summed E-state index contributed by atoms with van der Waals surface area (Å²) in [6, 6.07) is 6.19. The third kappa shape index (κ3) is 3.97. The maximum atomic E-state index is 12.8. The molecule has 0 bridgehead atoms. The van der Waals surface area contributed by atoms with Crippen molar-refractivity contribution >= 4 is 11.6 Å². The third-order valence-corrected chi connectivity index (χ3v) is 1.99. The summed E-state index contributed by atoms with van der Waals surface area (Å²) in [7, 11) is 3.43. The Hall–Kier alpha value is -1.58. The van der Waals surface area contributed by atoms with E-state index in [1.807, 2.05) is 0 Å². The second kappa shape index (κ2) is 5.34. The average molecular weight is 210 g/mol. The van der Waals surface area contributed by atoms with Crippen molar-refractivity contribution in [3.8, 4) is 0 Å². The summed E-state index contributed by atoms with van der Waals surface area (Å²) in [6.45, 7) is 0.514. The Bertz CT molecular complexity index is 339. The zero-order chi connectivity index (χ0) is 11.3. The summed E-state index contributed by atoms with van der Waals surface area (Å²) in [6.07, 6.45) is 0.406. The minimum Gasteiger partial charge on any atom is -0.384 e. The molecule has 1 rings (SSSR count). The zero-order valence-corrected chi connectivity index (χ0v) is 8.96. The van der Waals surface area contributed by atoms with Crippen molar-refractivity contribution in [3.05, 3.63) is 30.1 Å². The lowest BCUT2D eigenvalue weighted by Gasteiger charge is -2.11. The fourth-order valence-electron chi connectivity index (χ4n) is 1.14. The van der Waals surface area contributed by atoms with Crippen molar-refractivity contribution in [1.82, 2.24) is 4.90 Å². The Morgan fingerprint density at radius 3 is 2.80 bits per heavy atom. The number of carbonyl (C=O) groups excluding carboxylic acids is 1. The first-order valence-electron chi connectivity index (χ1n) is 4.79. The molecule has 0 aliphatic carbocycles. The van der Waals surface area contributed by atoms with E-state index in [-0.39, 0.29) is 11.7 Å². The highest BCUT2D eigenvalue weighted by molar-refractivity contribution is 5.76. The number of nitrogens with one attached hydrogen (secondary N) is 1. The summed E-state index contributed by atoms with van der Waals surface area (Å²) in [5.74, 6) is -0.224. The molecular formula is C11H15FN2O. The number of carbonyl (C=O) groups is 1. The molecule has 0 saturated heterocycles. The fourth-order valence-corrected chi connectivity index (χ4v) is 1.14. The van der Waals surface area contributed by atoms with E-state index < -0.39 is 0 Å². The molecule has 0 radical (unpaired) electrons. The SMILES string of the molecule is CN(C)C(=O)CCNc1cccc(F)c1. The minimum absolute atomic E-state index is 0.0545. The summed E-state index contributed by atoms with van der Waals surface area (Å²) in [5, 5.41) is 2.98. The number of nitrogens with zero attached hydrogens (tertiary/aromatic N) is 1. The van der Waals surface area contributed by atoms with E-state index in [9.17, 15) is 9.18 Å². The van der Waals surface area contributed by atoms with Gasteiger partial charge < -0.3 is 10.2 Å². The van der Waals surface area contributed by atoms with Crippen molar-refractivity contribution < 1.29 is 9.18 Å². The highest BCUT2D eigenvalue weighted by Gasteiger charge is 2.02. The lowest BCUT2D eigenvalue weighted by molar-refractivity contribution is -0.128. The molecule has 1 aromatic rings. The van der Waals surface area contributed by atoms with Crippen LogP contribution in [0.2, 0.25) is 0 Å². The van der Waals surface area contributed by atoms with Gasteiger partial charge in [0.1, 0.15) is 5.82 Å². The monoisotopic (exact) mass is 210 g/mol. The molecule has 0 unspecified atom stereocenters.